The molecule has 1 aliphatic rings. The summed E-state index contributed by atoms with van der Waals surface area (Å²) in [5.41, 5.74) is 5.17. The molecule has 17 heavy (non-hydrogen) atoms. The molecule has 0 saturated carbocycles. The van der Waals surface area contributed by atoms with Crippen molar-refractivity contribution < 1.29 is 17.9 Å². The number of nitrogens with two attached hydrogens (primary N) is 1. The van der Waals surface area contributed by atoms with Gasteiger partial charge < -0.3 is 10.5 Å². The molecule has 7 heteroatoms. The maximum absolute atomic E-state index is 11.3. The first-order valence-corrected chi connectivity index (χ1v) is 7.08. The number of hydrogen-bond donors (Lipinski definition) is 1. The van der Waals surface area contributed by atoms with E-state index >= 15 is 0 Å². The highest BCUT2D eigenvalue weighted by atomic mass is 32.2. The van der Waals surface area contributed by atoms with Gasteiger partial charge in [0.05, 0.1) is 11.9 Å². The summed E-state index contributed by atoms with van der Waals surface area (Å²) in [6.45, 7) is 6.36. The Morgan fingerprint density at radius 1 is 1.59 bits per heavy atom. The van der Waals surface area contributed by atoms with Crippen molar-refractivity contribution >= 4 is 15.7 Å². The molecule has 2 unspecified atom stereocenters. The van der Waals surface area contributed by atoms with Crippen LogP contribution in [0.1, 0.15) is 6.92 Å². The van der Waals surface area contributed by atoms with Gasteiger partial charge in [0, 0.05) is 25.0 Å². The average Bonchev–Trinajstić information content (AvgIpc) is 2.26. The van der Waals surface area contributed by atoms with Gasteiger partial charge in [0.15, 0.2) is 9.84 Å². The number of nitrogens with zero attached hydrogens (tertiary/aromatic N) is 1. The number of carbonyl (C=O) groups is 1. The summed E-state index contributed by atoms with van der Waals surface area (Å²) in [5.74, 6) is -0.526. The van der Waals surface area contributed by atoms with E-state index in [-0.39, 0.29) is 11.9 Å². The molecular weight excluding hydrogens is 244 g/mol. The van der Waals surface area contributed by atoms with E-state index in [1.54, 1.807) is 0 Å². The van der Waals surface area contributed by atoms with Crippen LogP contribution in [0.4, 0.5) is 0 Å². The van der Waals surface area contributed by atoms with E-state index in [4.69, 9.17) is 10.5 Å². The molecule has 0 radical (unpaired) electrons. The highest BCUT2D eigenvalue weighted by molar-refractivity contribution is 7.94. The van der Waals surface area contributed by atoms with Crippen LogP contribution in [0.2, 0.25) is 0 Å². The lowest BCUT2D eigenvalue weighted by molar-refractivity contribution is -0.142. The number of sulfone groups is 1. The van der Waals surface area contributed by atoms with Crippen molar-refractivity contribution in [3.05, 3.63) is 12.0 Å². The largest absolute Gasteiger partial charge is 0.367 e. The molecule has 0 bridgehead atoms. The third-order valence-corrected chi connectivity index (χ3v) is 3.86. The van der Waals surface area contributed by atoms with Crippen molar-refractivity contribution in [2.75, 3.05) is 25.4 Å². The number of hydrogen-bond acceptors (Lipinski definition) is 5. The lowest BCUT2D eigenvalue weighted by atomic mass is 10.2. The van der Waals surface area contributed by atoms with E-state index in [2.05, 4.69) is 6.58 Å². The fraction of sp³-hybridized carbons (Fsp3) is 0.700. The molecule has 0 aromatic rings. The molecule has 1 amide bonds. The molecular formula is C10H18N2O4S. The van der Waals surface area contributed by atoms with Gasteiger partial charge in [-0.2, -0.15) is 0 Å². The minimum Gasteiger partial charge on any atom is -0.367 e. The lowest BCUT2D eigenvalue weighted by Crippen LogP contribution is -2.52. The number of morpholine rings is 1. The van der Waals surface area contributed by atoms with E-state index in [0.29, 0.717) is 19.6 Å². The number of primary amides is 1. The van der Waals surface area contributed by atoms with Crippen LogP contribution < -0.4 is 5.73 Å². The van der Waals surface area contributed by atoms with Crippen LogP contribution in [0.15, 0.2) is 12.0 Å². The fourth-order valence-corrected chi connectivity index (χ4v) is 2.40. The lowest BCUT2D eigenvalue weighted by Gasteiger charge is -2.35. The summed E-state index contributed by atoms with van der Waals surface area (Å²) >= 11 is 0. The standard InChI is InChI=1S/C10H18N2O4S/c1-3-17(14,15)5-4-12-6-8(2)16-9(7-12)10(11)13/h3,8-9H,1,4-7H2,2H3,(H2,11,13). The normalized spacial score (nSPS) is 26.6. The van der Waals surface area contributed by atoms with Crippen LogP contribution in [0.3, 0.4) is 0 Å². The van der Waals surface area contributed by atoms with Gasteiger partial charge in [0.25, 0.3) is 0 Å². The van der Waals surface area contributed by atoms with Gasteiger partial charge in [-0.25, -0.2) is 8.42 Å². The van der Waals surface area contributed by atoms with E-state index in [1.165, 1.54) is 0 Å². The Balaban J connectivity index is 2.54. The summed E-state index contributed by atoms with van der Waals surface area (Å²) in [7, 11) is -3.21. The van der Waals surface area contributed by atoms with Gasteiger partial charge in [-0.05, 0) is 6.92 Å². The Bertz CT molecular complexity index is 393. The van der Waals surface area contributed by atoms with Gasteiger partial charge in [0.2, 0.25) is 5.91 Å². The molecule has 98 valence electrons. The average molecular weight is 262 g/mol. The van der Waals surface area contributed by atoms with Crippen molar-refractivity contribution in [3.63, 3.8) is 0 Å². The van der Waals surface area contributed by atoms with E-state index in [0.717, 1.165) is 5.41 Å². The van der Waals surface area contributed by atoms with Crippen LogP contribution in [-0.4, -0.2) is 56.8 Å². The van der Waals surface area contributed by atoms with Crippen molar-refractivity contribution in [1.29, 1.82) is 0 Å². The maximum Gasteiger partial charge on any atom is 0.247 e. The molecule has 2 N–H and O–H groups in total. The molecule has 2 atom stereocenters. The van der Waals surface area contributed by atoms with Crippen molar-refractivity contribution in [2.45, 2.75) is 19.1 Å². The van der Waals surface area contributed by atoms with Crippen LogP contribution in [0, 0.1) is 0 Å². The predicted molar refractivity (Wildman–Crippen MR) is 64.0 cm³/mol. The van der Waals surface area contributed by atoms with E-state index in [1.807, 2.05) is 11.8 Å². The van der Waals surface area contributed by atoms with Gasteiger partial charge in [-0.1, -0.05) is 6.58 Å². The Labute approximate surface area is 101 Å². The van der Waals surface area contributed by atoms with Crippen LogP contribution in [0.5, 0.6) is 0 Å². The molecule has 6 nitrogen and oxygen atoms in total. The van der Waals surface area contributed by atoms with Gasteiger partial charge in [-0.3, -0.25) is 9.69 Å². The highest BCUT2D eigenvalue weighted by Crippen LogP contribution is 2.11. The molecule has 0 spiro atoms. The zero-order valence-corrected chi connectivity index (χ0v) is 10.6. The Morgan fingerprint density at radius 2 is 2.24 bits per heavy atom. The van der Waals surface area contributed by atoms with Gasteiger partial charge in [-0.15, -0.1) is 0 Å². The third kappa shape index (κ3) is 4.45. The van der Waals surface area contributed by atoms with Crippen molar-refractivity contribution in [2.24, 2.45) is 5.73 Å². The summed E-state index contributed by atoms with van der Waals surface area (Å²) in [5, 5.41) is 0.947. The number of carbonyl (C=O) groups excluding carboxylic acids is 1. The van der Waals surface area contributed by atoms with Crippen molar-refractivity contribution in [1.82, 2.24) is 4.90 Å². The SMILES string of the molecule is C=CS(=O)(=O)CCN1CC(C)OC(C(N)=O)C1. The fourth-order valence-electron chi connectivity index (χ4n) is 1.72. The molecule has 0 aliphatic carbocycles. The summed E-state index contributed by atoms with van der Waals surface area (Å²) in [6, 6.07) is 0. The van der Waals surface area contributed by atoms with Crippen LogP contribution in [0.25, 0.3) is 0 Å². The highest BCUT2D eigenvalue weighted by Gasteiger charge is 2.29. The second kappa shape index (κ2) is 5.61. The molecule has 0 aromatic heterocycles. The molecule has 1 fully saturated rings. The Hall–Kier alpha value is -0.920. The summed E-state index contributed by atoms with van der Waals surface area (Å²) < 4.78 is 27.9. The second-order valence-electron chi connectivity index (χ2n) is 4.13. The first-order chi connectivity index (χ1) is 7.84. The van der Waals surface area contributed by atoms with Crippen LogP contribution in [-0.2, 0) is 19.4 Å². The Kier molecular flexibility index (Phi) is 4.67. The van der Waals surface area contributed by atoms with Crippen LogP contribution >= 0.6 is 0 Å². The molecule has 1 saturated heterocycles. The van der Waals surface area contributed by atoms with Gasteiger partial charge in [0.1, 0.15) is 6.10 Å². The van der Waals surface area contributed by atoms with Crippen molar-refractivity contribution in [3.8, 4) is 0 Å². The smallest absolute Gasteiger partial charge is 0.247 e. The topological polar surface area (TPSA) is 89.7 Å². The van der Waals surface area contributed by atoms with Gasteiger partial charge >= 0.3 is 0 Å². The quantitative estimate of drug-likeness (QED) is 0.695. The minimum atomic E-state index is -3.21. The number of amides is 1. The minimum absolute atomic E-state index is 0.00526. The number of rotatable bonds is 5. The number of ether oxygens (including phenoxy) is 1. The molecule has 1 aliphatic heterocycles. The molecule has 1 heterocycles. The third-order valence-electron chi connectivity index (χ3n) is 2.60. The zero-order valence-electron chi connectivity index (χ0n) is 9.83. The summed E-state index contributed by atoms with van der Waals surface area (Å²) in [4.78, 5) is 12.9. The Morgan fingerprint density at radius 3 is 2.76 bits per heavy atom. The maximum atomic E-state index is 11.3. The van der Waals surface area contributed by atoms with E-state index < -0.39 is 21.8 Å². The van der Waals surface area contributed by atoms with E-state index in [9.17, 15) is 13.2 Å². The first-order valence-electron chi connectivity index (χ1n) is 5.36. The second-order valence-corrected chi connectivity index (χ2v) is 6.20. The summed E-state index contributed by atoms with van der Waals surface area (Å²) in [6.07, 6.45) is -0.794. The first kappa shape index (κ1) is 14.1. The molecule has 1 rings (SSSR count). The zero-order chi connectivity index (χ0) is 13.1. The predicted octanol–water partition coefficient (Wildman–Crippen LogP) is -0.881. The monoisotopic (exact) mass is 262 g/mol. The molecule has 0 aromatic carbocycles.